The maximum Gasteiger partial charge on any atom is 0.251 e. The molecule has 0 spiro atoms. The molecule has 1 aliphatic rings. The normalized spacial score (nSPS) is 17.6. The van der Waals surface area contributed by atoms with Crippen molar-refractivity contribution >= 4 is 0 Å². The van der Waals surface area contributed by atoms with Crippen LogP contribution < -0.4 is 5.56 Å². The van der Waals surface area contributed by atoms with E-state index in [1.165, 1.54) is 25.7 Å². The topological polar surface area (TPSA) is 32.9 Å². The molecule has 2 rings (SSSR count). The summed E-state index contributed by atoms with van der Waals surface area (Å²) in [6, 6.07) is 2.08. The van der Waals surface area contributed by atoms with Gasteiger partial charge in [0.1, 0.15) is 0 Å². The molecule has 0 radical (unpaired) electrons. The predicted octanol–water partition coefficient (Wildman–Crippen LogP) is 2.65. The number of hydrogen-bond acceptors (Lipinski definition) is 1. The summed E-state index contributed by atoms with van der Waals surface area (Å²) >= 11 is 0. The van der Waals surface area contributed by atoms with E-state index in [0.29, 0.717) is 5.92 Å². The van der Waals surface area contributed by atoms with Crippen LogP contribution >= 0.6 is 0 Å². The van der Waals surface area contributed by atoms with Crippen molar-refractivity contribution in [3.8, 4) is 0 Å². The summed E-state index contributed by atoms with van der Waals surface area (Å²) in [5, 5.41) is 0. The van der Waals surface area contributed by atoms with Crippen LogP contribution in [0.5, 0.6) is 0 Å². The summed E-state index contributed by atoms with van der Waals surface area (Å²) in [4.78, 5) is 14.7. The standard InChI is InChI=1S/C12H17NO/c1-8-7-9(2)13-12(14)11(8)10-5-3-4-6-10/h7,10H,3-6H2,1-2H3,(H,13,14). The molecule has 1 aliphatic carbocycles. The van der Waals surface area contributed by atoms with Crippen LogP contribution in [0.2, 0.25) is 0 Å². The first-order valence-electron chi connectivity index (χ1n) is 5.39. The number of nitrogens with one attached hydrogen (secondary N) is 1. The fourth-order valence-electron chi connectivity index (χ4n) is 2.59. The quantitative estimate of drug-likeness (QED) is 0.727. The molecule has 1 saturated carbocycles. The Bertz CT molecular complexity index is 386. The first-order valence-corrected chi connectivity index (χ1v) is 5.39. The summed E-state index contributed by atoms with van der Waals surface area (Å²) in [6.07, 6.45) is 4.93. The molecule has 0 aliphatic heterocycles. The number of pyridine rings is 1. The lowest BCUT2D eigenvalue weighted by atomic mass is 9.95. The van der Waals surface area contributed by atoms with Gasteiger partial charge < -0.3 is 4.98 Å². The van der Waals surface area contributed by atoms with Gasteiger partial charge in [0.15, 0.2) is 0 Å². The first-order chi connectivity index (χ1) is 6.68. The molecule has 0 unspecified atom stereocenters. The van der Waals surface area contributed by atoms with Gasteiger partial charge in [-0.25, -0.2) is 0 Å². The van der Waals surface area contributed by atoms with Gasteiger partial charge in [0.05, 0.1) is 0 Å². The Morgan fingerprint density at radius 2 is 1.93 bits per heavy atom. The van der Waals surface area contributed by atoms with Crippen LogP contribution in [-0.2, 0) is 0 Å². The average molecular weight is 191 g/mol. The van der Waals surface area contributed by atoms with Crippen molar-refractivity contribution in [1.82, 2.24) is 4.98 Å². The zero-order valence-corrected chi connectivity index (χ0v) is 8.89. The number of hydrogen-bond donors (Lipinski definition) is 1. The Hall–Kier alpha value is -1.05. The van der Waals surface area contributed by atoms with E-state index in [4.69, 9.17) is 0 Å². The summed E-state index contributed by atoms with van der Waals surface area (Å²) in [5.41, 5.74) is 3.30. The maximum absolute atomic E-state index is 11.8. The highest BCUT2D eigenvalue weighted by atomic mass is 16.1. The molecule has 0 amide bonds. The molecule has 14 heavy (non-hydrogen) atoms. The van der Waals surface area contributed by atoms with E-state index in [9.17, 15) is 4.79 Å². The highest BCUT2D eigenvalue weighted by Crippen LogP contribution is 2.33. The molecule has 1 aromatic rings. The van der Waals surface area contributed by atoms with E-state index in [2.05, 4.69) is 18.0 Å². The molecule has 1 aromatic heterocycles. The summed E-state index contributed by atoms with van der Waals surface area (Å²) in [5.74, 6) is 0.513. The smallest absolute Gasteiger partial charge is 0.251 e. The van der Waals surface area contributed by atoms with E-state index in [-0.39, 0.29) is 5.56 Å². The zero-order chi connectivity index (χ0) is 10.1. The highest BCUT2D eigenvalue weighted by Gasteiger charge is 2.21. The van der Waals surface area contributed by atoms with E-state index < -0.39 is 0 Å². The molecule has 0 atom stereocenters. The number of aryl methyl sites for hydroxylation is 2. The highest BCUT2D eigenvalue weighted by molar-refractivity contribution is 5.28. The van der Waals surface area contributed by atoms with Gasteiger partial charge in [-0.2, -0.15) is 0 Å². The lowest BCUT2D eigenvalue weighted by Crippen LogP contribution is -2.17. The third-order valence-electron chi connectivity index (χ3n) is 3.18. The van der Waals surface area contributed by atoms with E-state index in [0.717, 1.165) is 16.8 Å². The lowest BCUT2D eigenvalue weighted by Gasteiger charge is -2.11. The molecule has 1 heterocycles. The Balaban J connectivity index is 2.46. The van der Waals surface area contributed by atoms with Crippen LogP contribution in [0.25, 0.3) is 0 Å². The number of H-pyrrole nitrogens is 1. The summed E-state index contributed by atoms with van der Waals surface area (Å²) in [7, 11) is 0. The lowest BCUT2D eigenvalue weighted by molar-refractivity contribution is 0.704. The van der Waals surface area contributed by atoms with E-state index >= 15 is 0 Å². The van der Waals surface area contributed by atoms with Crippen LogP contribution in [0.15, 0.2) is 10.9 Å². The zero-order valence-electron chi connectivity index (χ0n) is 8.89. The maximum atomic E-state index is 11.8. The van der Waals surface area contributed by atoms with E-state index in [1.54, 1.807) is 0 Å². The van der Waals surface area contributed by atoms with Crippen molar-refractivity contribution in [2.75, 3.05) is 0 Å². The molecule has 76 valence electrons. The largest absolute Gasteiger partial charge is 0.326 e. The van der Waals surface area contributed by atoms with Crippen LogP contribution in [0.3, 0.4) is 0 Å². The molecule has 0 aromatic carbocycles. The van der Waals surface area contributed by atoms with Gasteiger partial charge in [-0.3, -0.25) is 4.79 Å². The third kappa shape index (κ3) is 1.61. The Kier molecular flexibility index (Phi) is 2.44. The summed E-state index contributed by atoms with van der Waals surface area (Å²) in [6.45, 7) is 3.99. The van der Waals surface area contributed by atoms with Gasteiger partial charge in [-0.05, 0) is 44.2 Å². The third-order valence-corrected chi connectivity index (χ3v) is 3.18. The minimum Gasteiger partial charge on any atom is -0.326 e. The second kappa shape index (κ2) is 3.60. The fourth-order valence-corrected chi connectivity index (χ4v) is 2.59. The molecule has 1 fully saturated rings. The number of aromatic nitrogens is 1. The van der Waals surface area contributed by atoms with Gasteiger partial charge in [-0.15, -0.1) is 0 Å². The van der Waals surface area contributed by atoms with Gasteiger partial charge in [0.2, 0.25) is 0 Å². The second-order valence-electron chi connectivity index (χ2n) is 4.36. The van der Waals surface area contributed by atoms with Crippen LogP contribution in [0.4, 0.5) is 0 Å². The Labute approximate surface area is 84.4 Å². The second-order valence-corrected chi connectivity index (χ2v) is 4.36. The van der Waals surface area contributed by atoms with Crippen molar-refractivity contribution in [3.05, 3.63) is 33.2 Å². The summed E-state index contributed by atoms with van der Waals surface area (Å²) < 4.78 is 0. The first kappa shape index (κ1) is 9.50. The molecular formula is C12H17NO. The molecule has 1 N–H and O–H groups in total. The molecular weight excluding hydrogens is 174 g/mol. The SMILES string of the molecule is Cc1cc(C)c(C2CCCC2)c(=O)[nH]1. The predicted molar refractivity (Wildman–Crippen MR) is 57.7 cm³/mol. The average Bonchev–Trinajstić information content (AvgIpc) is 2.54. The number of aromatic amines is 1. The molecule has 2 heteroatoms. The fraction of sp³-hybridized carbons (Fsp3) is 0.583. The molecule has 0 bridgehead atoms. The van der Waals surface area contributed by atoms with Crippen molar-refractivity contribution < 1.29 is 0 Å². The van der Waals surface area contributed by atoms with Crippen molar-refractivity contribution in [2.45, 2.75) is 45.4 Å². The van der Waals surface area contributed by atoms with Crippen LogP contribution in [0, 0.1) is 13.8 Å². The van der Waals surface area contributed by atoms with Gasteiger partial charge in [0.25, 0.3) is 5.56 Å². The minimum absolute atomic E-state index is 0.134. The molecule has 2 nitrogen and oxygen atoms in total. The van der Waals surface area contributed by atoms with Gasteiger partial charge in [0, 0.05) is 11.3 Å². The number of rotatable bonds is 1. The van der Waals surface area contributed by atoms with Crippen molar-refractivity contribution in [1.29, 1.82) is 0 Å². The van der Waals surface area contributed by atoms with Gasteiger partial charge in [-0.1, -0.05) is 12.8 Å². The van der Waals surface area contributed by atoms with Crippen LogP contribution in [-0.4, -0.2) is 4.98 Å². The molecule has 0 saturated heterocycles. The monoisotopic (exact) mass is 191 g/mol. The van der Waals surface area contributed by atoms with Crippen molar-refractivity contribution in [2.24, 2.45) is 0 Å². The van der Waals surface area contributed by atoms with Gasteiger partial charge >= 0.3 is 0 Å². The Morgan fingerprint density at radius 3 is 2.50 bits per heavy atom. The van der Waals surface area contributed by atoms with Crippen LogP contribution in [0.1, 0.15) is 48.4 Å². The minimum atomic E-state index is 0.134. The Morgan fingerprint density at radius 1 is 1.29 bits per heavy atom. The van der Waals surface area contributed by atoms with E-state index in [1.807, 2.05) is 6.92 Å². The van der Waals surface area contributed by atoms with Crippen molar-refractivity contribution in [3.63, 3.8) is 0 Å².